The van der Waals surface area contributed by atoms with Crippen LogP contribution in [0.15, 0.2) is 24.5 Å². The van der Waals surface area contributed by atoms with Gasteiger partial charge in [0.15, 0.2) is 0 Å². The molecule has 2 heterocycles. The zero-order chi connectivity index (χ0) is 10.7. The van der Waals surface area contributed by atoms with E-state index in [-0.39, 0.29) is 0 Å². The molecule has 1 N–H and O–H groups in total. The Hall–Kier alpha value is -1.42. The number of anilines is 1. The van der Waals surface area contributed by atoms with E-state index in [2.05, 4.69) is 29.1 Å². The van der Waals surface area contributed by atoms with E-state index in [0.717, 1.165) is 22.9 Å². The third kappa shape index (κ3) is 2.33. The molecule has 0 bridgehead atoms. The molecule has 0 atom stereocenters. The van der Waals surface area contributed by atoms with E-state index in [1.165, 1.54) is 4.88 Å². The Morgan fingerprint density at radius 2 is 2.27 bits per heavy atom. The first-order valence-corrected chi connectivity index (χ1v) is 5.74. The fourth-order valence-electron chi connectivity index (χ4n) is 1.33. The Morgan fingerprint density at radius 1 is 1.40 bits per heavy atom. The smallest absolute Gasteiger partial charge is 0.126 e. The number of hydrogen-bond donors (Lipinski definition) is 1. The lowest BCUT2D eigenvalue weighted by atomic mass is 10.3. The molecule has 0 saturated carbocycles. The van der Waals surface area contributed by atoms with Crippen LogP contribution in [0.3, 0.4) is 0 Å². The van der Waals surface area contributed by atoms with Gasteiger partial charge in [0.1, 0.15) is 10.8 Å². The molecule has 0 aromatic carbocycles. The molecule has 0 unspecified atom stereocenters. The zero-order valence-corrected chi connectivity index (χ0v) is 9.64. The lowest BCUT2D eigenvalue weighted by molar-refractivity contribution is 1.16. The average Bonchev–Trinajstić information content (AvgIpc) is 2.66. The third-order valence-electron chi connectivity index (χ3n) is 1.99. The van der Waals surface area contributed by atoms with Gasteiger partial charge in [-0.1, -0.05) is 0 Å². The van der Waals surface area contributed by atoms with Gasteiger partial charge in [-0.25, -0.2) is 9.97 Å². The summed E-state index contributed by atoms with van der Waals surface area (Å²) in [7, 11) is 0. The molecule has 4 heteroatoms. The highest BCUT2D eigenvalue weighted by molar-refractivity contribution is 7.14. The number of pyridine rings is 1. The molecular weight excluding hydrogens is 206 g/mol. The van der Waals surface area contributed by atoms with Crippen molar-refractivity contribution in [3.8, 4) is 10.6 Å². The summed E-state index contributed by atoms with van der Waals surface area (Å²) in [5.74, 6) is 0.905. The first-order valence-electron chi connectivity index (χ1n) is 4.92. The van der Waals surface area contributed by atoms with Crippen molar-refractivity contribution < 1.29 is 0 Å². The van der Waals surface area contributed by atoms with Gasteiger partial charge in [0.25, 0.3) is 0 Å². The maximum atomic E-state index is 4.35. The Kier molecular flexibility index (Phi) is 2.97. The normalized spacial score (nSPS) is 10.3. The molecule has 0 aliphatic rings. The van der Waals surface area contributed by atoms with E-state index < -0.39 is 0 Å². The average molecular weight is 219 g/mol. The van der Waals surface area contributed by atoms with Gasteiger partial charge in [0, 0.05) is 29.4 Å². The molecule has 0 aliphatic carbocycles. The van der Waals surface area contributed by atoms with Crippen LogP contribution in [-0.2, 0) is 0 Å². The van der Waals surface area contributed by atoms with Crippen molar-refractivity contribution in [1.82, 2.24) is 9.97 Å². The molecule has 0 fully saturated rings. The molecule has 0 radical (unpaired) electrons. The topological polar surface area (TPSA) is 37.8 Å². The SMILES string of the molecule is CCNc1cc(-c2ncc(C)s2)ccn1. The molecule has 3 nitrogen and oxygen atoms in total. The summed E-state index contributed by atoms with van der Waals surface area (Å²) in [5.41, 5.74) is 1.12. The van der Waals surface area contributed by atoms with E-state index in [0.29, 0.717) is 0 Å². The van der Waals surface area contributed by atoms with Gasteiger partial charge < -0.3 is 5.32 Å². The van der Waals surface area contributed by atoms with Gasteiger partial charge in [-0.3, -0.25) is 0 Å². The Labute approximate surface area is 93.2 Å². The van der Waals surface area contributed by atoms with E-state index >= 15 is 0 Å². The predicted octanol–water partition coefficient (Wildman–Crippen LogP) is 2.95. The highest BCUT2D eigenvalue weighted by Gasteiger charge is 2.03. The minimum Gasteiger partial charge on any atom is -0.370 e. The van der Waals surface area contributed by atoms with Crippen LogP contribution in [-0.4, -0.2) is 16.5 Å². The summed E-state index contributed by atoms with van der Waals surface area (Å²) in [4.78, 5) is 9.81. The fraction of sp³-hybridized carbons (Fsp3) is 0.273. The van der Waals surface area contributed by atoms with E-state index in [9.17, 15) is 0 Å². The van der Waals surface area contributed by atoms with Gasteiger partial charge in [-0.15, -0.1) is 11.3 Å². The Balaban J connectivity index is 2.32. The van der Waals surface area contributed by atoms with Gasteiger partial charge in [-0.2, -0.15) is 0 Å². The van der Waals surface area contributed by atoms with Crippen molar-refractivity contribution in [2.24, 2.45) is 0 Å². The zero-order valence-electron chi connectivity index (χ0n) is 8.82. The number of nitrogens with zero attached hydrogens (tertiary/aromatic N) is 2. The van der Waals surface area contributed by atoms with Crippen LogP contribution in [0.2, 0.25) is 0 Å². The quantitative estimate of drug-likeness (QED) is 0.862. The lowest BCUT2D eigenvalue weighted by Gasteiger charge is -2.02. The summed E-state index contributed by atoms with van der Waals surface area (Å²) < 4.78 is 0. The number of rotatable bonds is 3. The standard InChI is InChI=1S/C11H13N3S/c1-3-12-10-6-9(4-5-13-10)11-14-7-8(2)15-11/h4-7H,3H2,1-2H3,(H,12,13). The molecule has 0 aliphatic heterocycles. The second-order valence-electron chi connectivity index (χ2n) is 3.24. The van der Waals surface area contributed by atoms with Crippen LogP contribution in [0.4, 0.5) is 5.82 Å². The molecule has 78 valence electrons. The number of thiazole rings is 1. The van der Waals surface area contributed by atoms with Gasteiger partial charge in [0.2, 0.25) is 0 Å². The summed E-state index contributed by atoms with van der Waals surface area (Å²) in [6.07, 6.45) is 3.71. The van der Waals surface area contributed by atoms with Crippen molar-refractivity contribution in [2.75, 3.05) is 11.9 Å². The van der Waals surface area contributed by atoms with Crippen molar-refractivity contribution in [2.45, 2.75) is 13.8 Å². The van der Waals surface area contributed by atoms with Gasteiger partial charge >= 0.3 is 0 Å². The molecule has 2 aromatic heterocycles. The first-order chi connectivity index (χ1) is 7.29. The number of aryl methyl sites for hydroxylation is 1. The second kappa shape index (κ2) is 4.40. The van der Waals surface area contributed by atoms with Crippen LogP contribution >= 0.6 is 11.3 Å². The van der Waals surface area contributed by atoms with Crippen molar-refractivity contribution >= 4 is 17.2 Å². The summed E-state index contributed by atoms with van der Waals surface area (Å²) in [6, 6.07) is 4.01. The van der Waals surface area contributed by atoms with Crippen molar-refractivity contribution in [1.29, 1.82) is 0 Å². The van der Waals surface area contributed by atoms with Crippen LogP contribution in [0.1, 0.15) is 11.8 Å². The molecule has 2 aromatic rings. The highest BCUT2D eigenvalue weighted by atomic mass is 32.1. The van der Waals surface area contributed by atoms with E-state index in [4.69, 9.17) is 0 Å². The Morgan fingerprint density at radius 3 is 2.93 bits per heavy atom. The van der Waals surface area contributed by atoms with Crippen molar-refractivity contribution in [3.63, 3.8) is 0 Å². The largest absolute Gasteiger partial charge is 0.370 e. The molecule has 0 amide bonds. The third-order valence-corrected chi connectivity index (χ3v) is 2.95. The fourth-order valence-corrected chi connectivity index (χ4v) is 2.09. The highest BCUT2D eigenvalue weighted by Crippen LogP contribution is 2.25. The lowest BCUT2D eigenvalue weighted by Crippen LogP contribution is -1.98. The molecule has 0 saturated heterocycles. The maximum Gasteiger partial charge on any atom is 0.126 e. The summed E-state index contributed by atoms with van der Waals surface area (Å²) in [5, 5.41) is 4.24. The summed E-state index contributed by atoms with van der Waals surface area (Å²) >= 11 is 1.70. The summed E-state index contributed by atoms with van der Waals surface area (Å²) in [6.45, 7) is 5.00. The number of hydrogen-bond acceptors (Lipinski definition) is 4. The molecular formula is C11H13N3S. The van der Waals surface area contributed by atoms with Crippen LogP contribution < -0.4 is 5.32 Å². The minimum absolute atomic E-state index is 0.882. The number of nitrogens with one attached hydrogen (secondary N) is 1. The molecule has 15 heavy (non-hydrogen) atoms. The monoisotopic (exact) mass is 219 g/mol. The van der Waals surface area contributed by atoms with Crippen LogP contribution in [0.25, 0.3) is 10.6 Å². The minimum atomic E-state index is 0.882. The molecule has 0 spiro atoms. The van der Waals surface area contributed by atoms with E-state index in [1.807, 2.05) is 24.5 Å². The first kappa shape index (κ1) is 10.1. The van der Waals surface area contributed by atoms with Crippen LogP contribution in [0, 0.1) is 6.92 Å². The second-order valence-corrected chi connectivity index (χ2v) is 4.47. The van der Waals surface area contributed by atoms with Crippen LogP contribution in [0.5, 0.6) is 0 Å². The van der Waals surface area contributed by atoms with Gasteiger partial charge in [0.05, 0.1) is 0 Å². The molecule has 2 rings (SSSR count). The van der Waals surface area contributed by atoms with Gasteiger partial charge in [-0.05, 0) is 26.0 Å². The van der Waals surface area contributed by atoms with Crippen molar-refractivity contribution in [3.05, 3.63) is 29.4 Å². The van der Waals surface area contributed by atoms with E-state index in [1.54, 1.807) is 11.3 Å². The number of aromatic nitrogens is 2. The maximum absolute atomic E-state index is 4.35. The predicted molar refractivity (Wildman–Crippen MR) is 64.2 cm³/mol. The Bertz CT molecular complexity index is 451.